The monoisotopic (exact) mass is 354 g/mol. The molecule has 1 aliphatic rings. The Balaban J connectivity index is 1.97. The molecular formula is C19H22N4O3. The summed E-state index contributed by atoms with van der Waals surface area (Å²) in [4.78, 5) is 31.0. The number of anilines is 1. The number of carbonyl (C=O) groups is 2. The number of hydrogen-bond donors (Lipinski definition) is 2. The van der Waals surface area contributed by atoms with Gasteiger partial charge in [0.2, 0.25) is 0 Å². The van der Waals surface area contributed by atoms with E-state index < -0.39 is 0 Å². The summed E-state index contributed by atoms with van der Waals surface area (Å²) in [7, 11) is 0. The molecule has 1 aromatic heterocycles. The summed E-state index contributed by atoms with van der Waals surface area (Å²) >= 11 is 0. The molecule has 136 valence electrons. The van der Waals surface area contributed by atoms with Crippen LogP contribution in [0.4, 0.5) is 5.69 Å². The summed E-state index contributed by atoms with van der Waals surface area (Å²) in [6.45, 7) is 4.57. The van der Waals surface area contributed by atoms with Gasteiger partial charge in [-0.1, -0.05) is 6.07 Å². The summed E-state index contributed by atoms with van der Waals surface area (Å²) < 4.78 is 6.01. The van der Waals surface area contributed by atoms with Crippen LogP contribution in [0.25, 0.3) is 0 Å². The summed E-state index contributed by atoms with van der Waals surface area (Å²) in [5, 5.41) is 2.82. The molecule has 1 aromatic carbocycles. The van der Waals surface area contributed by atoms with E-state index in [9.17, 15) is 9.59 Å². The van der Waals surface area contributed by atoms with E-state index >= 15 is 0 Å². The molecule has 2 aromatic rings. The minimum absolute atomic E-state index is 0.0150. The minimum atomic E-state index is -0.346. The number of ether oxygens (including phenoxy) is 1. The van der Waals surface area contributed by atoms with Gasteiger partial charge in [-0.15, -0.1) is 0 Å². The summed E-state index contributed by atoms with van der Waals surface area (Å²) in [5.41, 5.74) is 7.16. The molecule has 0 saturated heterocycles. The predicted octanol–water partition coefficient (Wildman–Crippen LogP) is 1.90. The Bertz CT molecular complexity index is 808. The van der Waals surface area contributed by atoms with Crippen molar-refractivity contribution in [3.05, 3.63) is 53.9 Å². The van der Waals surface area contributed by atoms with E-state index in [-0.39, 0.29) is 30.5 Å². The van der Waals surface area contributed by atoms with Crippen molar-refractivity contribution in [2.45, 2.75) is 26.0 Å². The van der Waals surface area contributed by atoms with E-state index in [0.29, 0.717) is 29.1 Å². The van der Waals surface area contributed by atoms with Gasteiger partial charge >= 0.3 is 0 Å². The zero-order valence-corrected chi connectivity index (χ0v) is 14.8. The molecule has 0 aliphatic carbocycles. The first-order chi connectivity index (χ1) is 12.5. The van der Waals surface area contributed by atoms with E-state index in [0.717, 1.165) is 0 Å². The lowest BCUT2D eigenvalue weighted by Crippen LogP contribution is -2.44. The van der Waals surface area contributed by atoms with Gasteiger partial charge in [-0.25, -0.2) is 0 Å². The van der Waals surface area contributed by atoms with Gasteiger partial charge in [0, 0.05) is 30.5 Å². The number of nitrogens with zero attached hydrogens (tertiary/aromatic N) is 2. The molecule has 0 saturated carbocycles. The smallest absolute Gasteiger partial charge is 0.258 e. The molecule has 2 amide bonds. The Kier molecular flexibility index (Phi) is 5.18. The Labute approximate surface area is 152 Å². The number of pyridine rings is 1. The molecule has 2 heterocycles. The van der Waals surface area contributed by atoms with Crippen LogP contribution in [0.5, 0.6) is 5.75 Å². The predicted molar refractivity (Wildman–Crippen MR) is 98.3 cm³/mol. The molecule has 7 nitrogen and oxygen atoms in total. The molecule has 0 radical (unpaired) electrons. The van der Waals surface area contributed by atoms with Crippen LogP contribution in [0.1, 0.15) is 34.6 Å². The van der Waals surface area contributed by atoms with Crippen LogP contribution < -0.4 is 15.8 Å². The zero-order chi connectivity index (χ0) is 18.7. The summed E-state index contributed by atoms with van der Waals surface area (Å²) in [6.07, 6.45) is 2.75. The van der Waals surface area contributed by atoms with Gasteiger partial charge in [0.15, 0.2) is 5.75 Å². The number of nitrogens with two attached hydrogens (primary N) is 1. The topological polar surface area (TPSA) is 97.6 Å². The number of carbonyl (C=O) groups excluding carboxylic acids is 2. The molecule has 1 aliphatic heterocycles. The highest BCUT2D eigenvalue weighted by atomic mass is 16.5. The molecule has 0 fully saturated rings. The van der Waals surface area contributed by atoms with Gasteiger partial charge in [0.05, 0.1) is 17.8 Å². The average Bonchev–Trinajstić information content (AvgIpc) is 2.80. The van der Waals surface area contributed by atoms with Gasteiger partial charge in [-0.3, -0.25) is 14.6 Å². The summed E-state index contributed by atoms with van der Waals surface area (Å²) in [5.74, 6) is -0.0735. The normalized spacial score (nSPS) is 16.7. The second-order valence-electron chi connectivity index (χ2n) is 6.40. The van der Waals surface area contributed by atoms with Crippen molar-refractivity contribution in [3.8, 4) is 5.75 Å². The fraction of sp³-hybridized carbons (Fsp3) is 0.316. The molecule has 3 N–H and O–H groups in total. The maximum Gasteiger partial charge on any atom is 0.258 e. The van der Waals surface area contributed by atoms with Crippen molar-refractivity contribution >= 4 is 17.5 Å². The van der Waals surface area contributed by atoms with Gasteiger partial charge in [-0.2, -0.15) is 0 Å². The van der Waals surface area contributed by atoms with Gasteiger partial charge in [0.1, 0.15) is 6.10 Å². The fourth-order valence-corrected chi connectivity index (χ4v) is 2.86. The molecule has 3 rings (SSSR count). The average molecular weight is 354 g/mol. The number of rotatable bonds is 4. The maximum absolute atomic E-state index is 12.9. The Morgan fingerprint density at radius 1 is 1.35 bits per heavy atom. The molecule has 7 heteroatoms. The van der Waals surface area contributed by atoms with Gasteiger partial charge in [-0.05, 0) is 38.1 Å². The van der Waals surface area contributed by atoms with E-state index in [1.165, 1.54) is 0 Å². The second kappa shape index (κ2) is 7.53. The third kappa shape index (κ3) is 3.52. The second-order valence-corrected chi connectivity index (χ2v) is 6.40. The lowest BCUT2D eigenvalue weighted by atomic mass is 10.1. The van der Waals surface area contributed by atoms with Gasteiger partial charge < -0.3 is 20.7 Å². The first-order valence-corrected chi connectivity index (χ1v) is 8.53. The fourth-order valence-electron chi connectivity index (χ4n) is 2.86. The van der Waals surface area contributed by atoms with E-state index in [1.807, 2.05) is 13.8 Å². The molecule has 1 atom stereocenters. The van der Waals surface area contributed by atoms with Crippen LogP contribution in [0.2, 0.25) is 0 Å². The lowest BCUT2D eigenvalue weighted by molar-refractivity contribution is 0.0655. The van der Waals surface area contributed by atoms with E-state index in [2.05, 4.69) is 10.3 Å². The Hall–Kier alpha value is -2.93. The van der Waals surface area contributed by atoms with Crippen molar-refractivity contribution in [2.24, 2.45) is 5.73 Å². The zero-order valence-electron chi connectivity index (χ0n) is 14.8. The highest BCUT2D eigenvalue weighted by Gasteiger charge is 2.31. The minimum Gasteiger partial charge on any atom is -0.484 e. The lowest BCUT2D eigenvalue weighted by Gasteiger charge is -2.27. The van der Waals surface area contributed by atoms with Crippen molar-refractivity contribution < 1.29 is 14.3 Å². The SMILES string of the molecule is CC(C)N1C[C@H](CN)Oc2c(NC(=O)c3ccncc3)cccc2C1=O. The maximum atomic E-state index is 12.9. The van der Waals surface area contributed by atoms with Crippen LogP contribution >= 0.6 is 0 Å². The number of amides is 2. The number of hydrogen-bond acceptors (Lipinski definition) is 5. The molecule has 26 heavy (non-hydrogen) atoms. The van der Waals surface area contributed by atoms with Crippen LogP contribution in [0.15, 0.2) is 42.7 Å². The van der Waals surface area contributed by atoms with Crippen LogP contribution in [0.3, 0.4) is 0 Å². The summed E-state index contributed by atoms with van der Waals surface area (Å²) in [6, 6.07) is 8.39. The molecule has 0 spiro atoms. The van der Waals surface area contributed by atoms with E-state index in [1.54, 1.807) is 47.6 Å². The third-order valence-corrected chi connectivity index (χ3v) is 4.27. The van der Waals surface area contributed by atoms with Crippen LogP contribution in [0, 0.1) is 0 Å². The third-order valence-electron chi connectivity index (χ3n) is 4.27. The highest BCUT2D eigenvalue weighted by molar-refractivity contribution is 6.07. The van der Waals surface area contributed by atoms with E-state index in [4.69, 9.17) is 10.5 Å². The number of fused-ring (bicyclic) bond motifs is 1. The number of nitrogens with one attached hydrogen (secondary N) is 1. The standard InChI is InChI=1S/C19H22N4O3/c1-12(2)23-11-14(10-20)26-17-15(19(23)25)4-3-5-16(17)22-18(24)13-6-8-21-9-7-13/h3-9,12,14H,10-11,20H2,1-2H3,(H,22,24)/t14-/m0/s1. The Morgan fingerprint density at radius 2 is 2.08 bits per heavy atom. The number of benzene rings is 1. The largest absolute Gasteiger partial charge is 0.484 e. The quantitative estimate of drug-likeness (QED) is 0.874. The number of aromatic nitrogens is 1. The van der Waals surface area contributed by atoms with Crippen LogP contribution in [-0.2, 0) is 0 Å². The van der Waals surface area contributed by atoms with Gasteiger partial charge in [0.25, 0.3) is 11.8 Å². The van der Waals surface area contributed by atoms with Crippen molar-refractivity contribution in [1.82, 2.24) is 9.88 Å². The van der Waals surface area contributed by atoms with Crippen molar-refractivity contribution in [1.29, 1.82) is 0 Å². The molecule has 0 unspecified atom stereocenters. The highest BCUT2D eigenvalue weighted by Crippen LogP contribution is 2.34. The first-order valence-electron chi connectivity index (χ1n) is 8.53. The number of para-hydroxylation sites is 1. The van der Waals surface area contributed by atoms with Crippen LogP contribution in [-0.4, -0.2) is 46.9 Å². The van der Waals surface area contributed by atoms with Crippen molar-refractivity contribution in [3.63, 3.8) is 0 Å². The Morgan fingerprint density at radius 3 is 2.73 bits per heavy atom. The molecular weight excluding hydrogens is 332 g/mol. The first kappa shape index (κ1) is 17.9. The molecule has 0 bridgehead atoms. The van der Waals surface area contributed by atoms with Crippen molar-refractivity contribution in [2.75, 3.05) is 18.4 Å².